The quantitative estimate of drug-likeness (QED) is 0.256. The summed E-state index contributed by atoms with van der Waals surface area (Å²) >= 11 is 0. The van der Waals surface area contributed by atoms with Gasteiger partial charge in [-0.05, 0) is 82.9 Å². The number of unbranched alkanes of at least 4 members (excludes halogenated alkanes) is 1. The first-order chi connectivity index (χ1) is 15.4. The Kier molecular flexibility index (Phi) is 8.92. The Balaban J connectivity index is 2.25. The molecular weight excluding hydrogens is 410 g/mol. The number of hydrogen-bond donors (Lipinski definition) is 0. The van der Waals surface area contributed by atoms with Gasteiger partial charge in [0.2, 0.25) is 0 Å². The van der Waals surface area contributed by atoms with Crippen LogP contribution in [0.5, 0.6) is 5.75 Å². The topological polar surface area (TPSA) is 49.2 Å². The molecule has 33 heavy (non-hydrogen) atoms. The van der Waals surface area contributed by atoms with Gasteiger partial charge in [-0.25, -0.2) is 9.67 Å². The van der Waals surface area contributed by atoms with Gasteiger partial charge in [0, 0.05) is 0 Å². The van der Waals surface area contributed by atoms with Crippen LogP contribution in [0.1, 0.15) is 86.6 Å². The molecule has 0 N–H and O–H groups in total. The number of benzene rings is 1. The van der Waals surface area contributed by atoms with E-state index in [1.54, 1.807) is 6.33 Å². The fourth-order valence-electron chi connectivity index (χ4n) is 4.91. The monoisotopic (exact) mass is 455 g/mol. The molecule has 0 saturated heterocycles. The van der Waals surface area contributed by atoms with Crippen molar-refractivity contribution in [2.45, 2.75) is 104 Å². The molecule has 1 aromatic carbocycles. The smallest absolute Gasteiger partial charge is 0.137 e. The number of hydrogen-bond acceptors (Lipinski definition) is 4. The second-order valence-electron chi connectivity index (χ2n) is 11.2. The third-order valence-corrected chi connectivity index (χ3v) is 6.58. The summed E-state index contributed by atoms with van der Waals surface area (Å²) in [7, 11) is 0. The van der Waals surface area contributed by atoms with Crippen LogP contribution in [0, 0.1) is 5.41 Å². The van der Waals surface area contributed by atoms with Crippen molar-refractivity contribution >= 4 is 0 Å². The molecule has 0 radical (unpaired) electrons. The Morgan fingerprint density at radius 3 is 2.15 bits per heavy atom. The zero-order valence-corrected chi connectivity index (χ0v) is 22.1. The predicted molar refractivity (Wildman–Crippen MR) is 137 cm³/mol. The van der Waals surface area contributed by atoms with E-state index in [1.807, 2.05) is 17.1 Å². The molecule has 1 aromatic heterocycles. The molecule has 2 aromatic rings. The highest BCUT2D eigenvalue weighted by atomic mass is 16.5. The van der Waals surface area contributed by atoms with Crippen LogP contribution in [-0.2, 0) is 16.7 Å². The van der Waals surface area contributed by atoms with Gasteiger partial charge in [0.15, 0.2) is 0 Å². The van der Waals surface area contributed by atoms with E-state index < -0.39 is 11.1 Å². The zero-order chi connectivity index (χ0) is 24.8. The lowest BCUT2D eigenvalue weighted by Gasteiger charge is -2.57. The van der Waals surface area contributed by atoms with E-state index in [-0.39, 0.29) is 11.0 Å². The molecule has 0 aliphatic carbocycles. The maximum Gasteiger partial charge on any atom is 0.137 e. The van der Waals surface area contributed by atoms with E-state index in [0.717, 1.165) is 31.4 Å². The molecular formula is C28H45N3O2. The van der Waals surface area contributed by atoms with Gasteiger partial charge >= 0.3 is 0 Å². The predicted octanol–water partition coefficient (Wildman–Crippen LogP) is 6.98. The molecule has 0 amide bonds. The van der Waals surface area contributed by atoms with E-state index >= 15 is 0 Å². The number of rotatable bonds is 12. The highest BCUT2D eigenvalue weighted by Crippen LogP contribution is 2.52. The van der Waals surface area contributed by atoms with Gasteiger partial charge in [0.25, 0.3) is 0 Å². The number of ether oxygens (including phenoxy) is 2. The van der Waals surface area contributed by atoms with Crippen molar-refractivity contribution in [2.75, 3.05) is 6.61 Å². The van der Waals surface area contributed by atoms with E-state index in [2.05, 4.69) is 96.3 Å². The van der Waals surface area contributed by atoms with Crippen molar-refractivity contribution in [1.29, 1.82) is 0 Å². The summed E-state index contributed by atoms with van der Waals surface area (Å²) in [6.07, 6.45) is 9.98. The largest absolute Gasteiger partial charge is 0.494 e. The molecule has 0 bridgehead atoms. The van der Waals surface area contributed by atoms with Gasteiger partial charge < -0.3 is 9.47 Å². The Morgan fingerprint density at radius 1 is 1.00 bits per heavy atom. The van der Waals surface area contributed by atoms with E-state index in [0.29, 0.717) is 13.0 Å². The molecule has 0 fully saturated rings. The number of nitrogens with zero attached hydrogens (tertiary/aromatic N) is 3. The molecule has 5 heteroatoms. The van der Waals surface area contributed by atoms with Gasteiger partial charge in [0.1, 0.15) is 24.0 Å². The highest BCUT2D eigenvalue weighted by Gasteiger charge is 2.58. The molecule has 2 rings (SSSR count). The lowest BCUT2D eigenvalue weighted by molar-refractivity contribution is -0.237. The van der Waals surface area contributed by atoms with Crippen LogP contribution in [0.3, 0.4) is 0 Å². The van der Waals surface area contributed by atoms with Crippen molar-refractivity contribution in [3.8, 4) is 5.75 Å². The minimum absolute atomic E-state index is 0.174. The van der Waals surface area contributed by atoms with Crippen LogP contribution >= 0.6 is 0 Å². The summed E-state index contributed by atoms with van der Waals surface area (Å²) in [4.78, 5) is 4.28. The van der Waals surface area contributed by atoms with Gasteiger partial charge in [-0.1, -0.05) is 45.9 Å². The maximum atomic E-state index is 6.98. The van der Waals surface area contributed by atoms with Gasteiger partial charge in [-0.3, -0.25) is 0 Å². The van der Waals surface area contributed by atoms with Gasteiger partial charge in [-0.15, -0.1) is 6.58 Å². The standard InChI is InChI=1S/C28H45N3O2/c1-10-18-28(25(3,4)5,33-26(6,7)8)27(9,31-22-29-21-30-31)19-12-13-20-32-24-16-14-23(11-2)15-17-24/h10,14-17,21-22H,1,11-13,18-20H2,2-9H3. The summed E-state index contributed by atoms with van der Waals surface area (Å²) in [5.74, 6) is 0.929. The Hall–Kier alpha value is -2.14. The van der Waals surface area contributed by atoms with Crippen LogP contribution < -0.4 is 4.74 Å². The van der Waals surface area contributed by atoms with Gasteiger partial charge in [0.05, 0.1) is 17.7 Å². The molecule has 5 nitrogen and oxygen atoms in total. The van der Waals surface area contributed by atoms with Crippen molar-refractivity contribution < 1.29 is 9.47 Å². The first-order valence-electron chi connectivity index (χ1n) is 12.3. The first kappa shape index (κ1) is 27.1. The van der Waals surface area contributed by atoms with Gasteiger partial charge in [-0.2, -0.15) is 5.10 Å². The minimum Gasteiger partial charge on any atom is -0.494 e. The number of aromatic nitrogens is 3. The van der Waals surface area contributed by atoms with Crippen molar-refractivity contribution in [2.24, 2.45) is 5.41 Å². The van der Waals surface area contributed by atoms with Crippen LogP contribution in [0.15, 0.2) is 49.6 Å². The van der Waals surface area contributed by atoms with Crippen molar-refractivity contribution in [1.82, 2.24) is 14.8 Å². The van der Waals surface area contributed by atoms with Crippen molar-refractivity contribution in [3.63, 3.8) is 0 Å². The fraction of sp³-hybridized carbons (Fsp3) is 0.643. The summed E-state index contributed by atoms with van der Waals surface area (Å²) in [5.41, 5.74) is -0.139. The van der Waals surface area contributed by atoms with E-state index in [1.165, 1.54) is 5.56 Å². The minimum atomic E-state index is -0.537. The molecule has 184 valence electrons. The first-order valence-corrected chi connectivity index (χ1v) is 12.3. The maximum absolute atomic E-state index is 6.98. The lowest BCUT2D eigenvalue weighted by atomic mass is 9.61. The molecule has 0 spiro atoms. The van der Waals surface area contributed by atoms with E-state index in [4.69, 9.17) is 9.47 Å². The molecule has 2 unspecified atom stereocenters. The van der Waals surface area contributed by atoms with E-state index in [9.17, 15) is 0 Å². The molecule has 2 atom stereocenters. The fourth-order valence-corrected chi connectivity index (χ4v) is 4.91. The Bertz CT molecular complexity index is 847. The van der Waals surface area contributed by atoms with Crippen LogP contribution in [0.2, 0.25) is 0 Å². The molecule has 0 aliphatic rings. The average Bonchev–Trinajstić information content (AvgIpc) is 3.27. The third-order valence-electron chi connectivity index (χ3n) is 6.58. The molecule has 1 heterocycles. The molecule has 0 saturated carbocycles. The lowest BCUT2D eigenvalue weighted by Crippen LogP contribution is -2.64. The normalized spacial score (nSPS) is 16.1. The molecule has 0 aliphatic heterocycles. The zero-order valence-electron chi connectivity index (χ0n) is 22.1. The summed E-state index contributed by atoms with van der Waals surface area (Å²) in [5, 5.41) is 4.60. The number of aryl methyl sites for hydroxylation is 1. The van der Waals surface area contributed by atoms with Crippen LogP contribution in [-0.4, -0.2) is 32.6 Å². The SMILES string of the molecule is C=CCC(OC(C)(C)C)(C(C)(C)C)C(C)(CCCCOc1ccc(CC)cc1)n1cncn1. The van der Waals surface area contributed by atoms with Crippen LogP contribution in [0.4, 0.5) is 0 Å². The third kappa shape index (κ3) is 6.47. The second-order valence-corrected chi connectivity index (χ2v) is 11.2. The summed E-state index contributed by atoms with van der Waals surface area (Å²) in [6.45, 7) is 22.3. The van der Waals surface area contributed by atoms with Crippen molar-refractivity contribution in [3.05, 3.63) is 55.1 Å². The van der Waals surface area contributed by atoms with Crippen LogP contribution in [0.25, 0.3) is 0 Å². The summed E-state index contributed by atoms with van der Waals surface area (Å²) in [6, 6.07) is 8.39. The average molecular weight is 456 g/mol. The Labute approximate surface area is 201 Å². The Morgan fingerprint density at radius 2 is 1.67 bits per heavy atom. The second kappa shape index (κ2) is 10.9. The highest BCUT2D eigenvalue weighted by molar-refractivity contribution is 5.27. The summed E-state index contributed by atoms with van der Waals surface area (Å²) < 4.78 is 15.0.